The Kier molecular flexibility index (Phi) is 3.97. The summed E-state index contributed by atoms with van der Waals surface area (Å²) in [4.78, 5) is 0. The molecule has 0 fully saturated rings. The monoisotopic (exact) mass is 208 g/mol. The standard InChI is InChI=1S/C11H16N2O2/c1-13(2)12-8-9-7-10(14-3)5-6-11(9)15-4/h5-8H,1-4H3/b12-8+. The van der Waals surface area contributed by atoms with Gasteiger partial charge in [0.2, 0.25) is 0 Å². The number of nitrogens with zero attached hydrogens (tertiary/aromatic N) is 2. The van der Waals surface area contributed by atoms with Crippen molar-refractivity contribution in [3.8, 4) is 11.5 Å². The summed E-state index contributed by atoms with van der Waals surface area (Å²) < 4.78 is 10.3. The first-order valence-corrected chi connectivity index (χ1v) is 4.60. The zero-order valence-corrected chi connectivity index (χ0v) is 9.52. The van der Waals surface area contributed by atoms with Gasteiger partial charge in [-0.3, -0.25) is 0 Å². The molecule has 0 atom stereocenters. The molecule has 1 aromatic rings. The summed E-state index contributed by atoms with van der Waals surface area (Å²) in [5.74, 6) is 1.57. The Labute approximate surface area is 90.1 Å². The first-order valence-electron chi connectivity index (χ1n) is 4.60. The van der Waals surface area contributed by atoms with Crippen LogP contribution in [0.3, 0.4) is 0 Å². The second kappa shape index (κ2) is 5.24. The third-order valence-corrected chi connectivity index (χ3v) is 1.86. The summed E-state index contributed by atoms with van der Waals surface area (Å²) in [6.07, 6.45) is 1.74. The van der Waals surface area contributed by atoms with Crippen molar-refractivity contribution in [3.05, 3.63) is 23.8 Å². The van der Waals surface area contributed by atoms with E-state index in [0.717, 1.165) is 17.1 Å². The highest BCUT2D eigenvalue weighted by molar-refractivity contribution is 5.84. The van der Waals surface area contributed by atoms with Crippen LogP contribution in [0.4, 0.5) is 0 Å². The largest absolute Gasteiger partial charge is 0.497 e. The predicted molar refractivity (Wildman–Crippen MR) is 60.8 cm³/mol. The van der Waals surface area contributed by atoms with Gasteiger partial charge in [-0.2, -0.15) is 5.10 Å². The third-order valence-electron chi connectivity index (χ3n) is 1.86. The molecule has 1 aromatic carbocycles. The lowest BCUT2D eigenvalue weighted by atomic mass is 10.2. The fourth-order valence-corrected chi connectivity index (χ4v) is 1.12. The lowest BCUT2D eigenvalue weighted by molar-refractivity contribution is 0.402. The van der Waals surface area contributed by atoms with E-state index >= 15 is 0 Å². The van der Waals surface area contributed by atoms with Crippen LogP contribution in [0.2, 0.25) is 0 Å². The number of hydrogen-bond acceptors (Lipinski definition) is 4. The predicted octanol–water partition coefficient (Wildman–Crippen LogP) is 1.60. The number of benzene rings is 1. The lowest BCUT2D eigenvalue weighted by Crippen LogP contribution is -2.02. The Morgan fingerprint density at radius 3 is 2.47 bits per heavy atom. The first kappa shape index (κ1) is 11.4. The van der Waals surface area contributed by atoms with Crippen molar-refractivity contribution in [2.45, 2.75) is 0 Å². The molecular weight excluding hydrogens is 192 g/mol. The molecule has 0 unspecified atom stereocenters. The van der Waals surface area contributed by atoms with Crippen LogP contribution >= 0.6 is 0 Å². The van der Waals surface area contributed by atoms with Crippen molar-refractivity contribution in [2.75, 3.05) is 28.3 Å². The van der Waals surface area contributed by atoms with Crippen molar-refractivity contribution in [2.24, 2.45) is 5.10 Å². The Morgan fingerprint density at radius 1 is 1.20 bits per heavy atom. The molecule has 0 aliphatic rings. The van der Waals surface area contributed by atoms with Gasteiger partial charge >= 0.3 is 0 Å². The highest BCUT2D eigenvalue weighted by atomic mass is 16.5. The molecule has 0 saturated heterocycles. The maximum Gasteiger partial charge on any atom is 0.127 e. The zero-order chi connectivity index (χ0) is 11.3. The average Bonchev–Trinajstić information content (AvgIpc) is 2.25. The van der Waals surface area contributed by atoms with Crippen LogP contribution in [0.15, 0.2) is 23.3 Å². The van der Waals surface area contributed by atoms with Crippen LogP contribution in [-0.4, -0.2) is 39.5 Å². The molecule has 0 saturated carbocycles. The fourth-order valence-electron chi connectivity index (χ4n) is 1.12. The lowest BCUT2D eigenvalue weighted by Gasteiger charge is -2.08. The van der Waals surface area contributed by atoms with Gasteiger partial charge < -0.3 is 14.5 Å². The molecule has 0 radical (unpaired) electrons. The Morgan fingerprint density at radius 2 is 1.93 bits per heavy atom. The van der Waals surface area contributed by atoms with Crippen LogP contribution < -0.4 is 9.47 Å². The summed E-state index contributed by atoms with van der Waals surface area (Å²) in [7, 11) is 7.00. The Hall–Kier alpha value is -1.71. The van der Waals surface area contributed by atoms with Crippen molar-refractivity contribution in [3.63, 3.8) is 0 Å². The molecule has 4 heteroatoms. The van der Waals surface area contributed by atoms with Crippen molar-refractivity contribution in [1.29, 1.82) is 0 Å². The molecule has 0 N–H and O–H groups in total. The minimum atomic E-state index is 0.779. The zero-order valence-electron chi connectivity index (χ0n) is 9.52. The van der Waals surface area contributed by atoms with Crippen LogP contribution in [0.1, 0.15) is 5.56 Å². The highest BCUT2D eigenvalue weighted by Crippen LogP contribution is 2.22. The van der Waals surface area contributed by atoms with Crippen LogP contribution in [0, 0.1) is 0 Å². The molecular formula is C11H16N2O2. The number of hydrogen-bond donors (Lipinski definition) is 0. The van der Waals surface area contributed by atoms with Gasteiger partial charge in [0.05, 0.1) is 20.4 Å². The van der Waals surface area contributed by atoms with Gasteiger partial charge in [0.1, 0.15) is 11.5 Å². The smallest absolute Gasteiger partial charge is 0.127 e. The molecule has 82 valence electrons. The summed E-state index contributed by atoms with van der Waals surface area (Å²) in [6.45, 7) is 0. The molecule has 0 bridgehead atoms. The van der Waals surface area contributed by atoms with Gasteiger partial charge in [-0.15, -0.1) is 0 Å². The molecule has 0 aromatic heterocycles. The minimum Gasteiger partial charge on any atom is -0.497 e. The fraction of sp³-hybridized carbons (Fsp3) is 0.364. The maximum atomic E-state index is 5.21. The molecule has 0 aliphatic heterocycles. The Bertz CT molecular complexity index is 348. The average molecular weight is 208 g/mol. The third kappa shape index (κ3) is 3.16. The van der Waals surface area contributed by atoms with Crippen molar-refractivity contribution >= 4 is 6.21 Å². The molecule has 0 amide bonds. The topological polar surface area (TPSA) is 34.1 Å². The second-order valence-corrected chi connectivity index (χ2v) is 3.20. The highest BCUT2D eigenvalue weighted by Gasteiger charge is 2.02. The number of methoxy groups -OCH3 is 2. The van der Waals surface area contributed by atoms with Crippen LogP contribution in [0.5, 0.6) is 11.5 Å². The number of rotatable bonds is 4. The van der Waals surface area contributed by atoms with Gasteiger partial charge in [-0.1, -0.05) is 0 Å². The van der Waals surface area contributed by atoms with E-state index in [1.165, 1.54) is 0 Å². The van der Waals surface area contributed by atoms with Gasteiger partial charge in [0.15, 0.2) is 0 Å². The summed E-state index contributed by atoms with van der Waals surface area (Å²) >= 11 is 0. The van der Waals surface area contributed by atoms with E-state index in [0.29, 0.717) is 0 Å². The quantitative estimate of drug-likeness (QED) is 0.556. The number of hydrazone groups is 1. The van der Waals surface area contributed by atoms with E-state index < -0.39 is 0 Å². The summed E-state index contributed by atoms with van der Waals surface area (Å²) in [5.41, 5.74) is 0.894. The maximum absolute atomic E-state index is 5.21. The van der Waals surface area contributed by atoms with Gasteiger partial charge in [0.25, 0.3) is 0 Å². The summed E-state index contributed by atoms with van der Waals surface area (Å²) in [6, 6.07) is 5.59. The Balaban J connectivity index is 3.01. The molecule has 15 heavy (non-hydrogen) atoms. The minimum absolute atomic E-state index is 0.779. The van der Waals surface area contributed by atoms with Gasteiger partial charge in [0, 0.05) is 19.7 Å². The van der Waals surface area contributed by atoms with E-state index in [2.05, 4.69) is 5.10 Å². The summed E-state index contributed by atoms with van der Waals surface area (Å²) in [5, 5.41) is 5.87. The van der Waals surface area contributed by atoms with Gasteiger partial charge in [-0.05, 0) is 18.2 Å². The molecule has 0 spiro atoms. The van der Waals surface area contributed by atoms with Crippen molar-refractivity contribution in [1.82, 2.24) is 5.01 Å². The SMILES string of the molecule is COc1ccc(OC)c(/C=N/N(C)C)c1. The normalized spacial score (nSPS) is 10.4. The van der Waals surface area contributed by atoms with Crippen LogP contribution in [-0.2, 0) is 0 Å². The molecule has 4 nitrogen and oxygen atoms in total. The number of ether oxygens (including phenoxy) is 2. The van der Waals surface area contributed by atoms with E-state index in [1.807, 2.05) is 32.3 Å². The van der Waals surface area contributed by atoms with E-state index in [-0.39, 0.29) is 0 Å². The van der Waals surface area contributed by atoms with Crippen LogP contribution in [0.25, 0.3) is 0 Å². The van der Waals surface area contributed by atoms with E-state index in [4.69, 9.17) is 9.47 Å². The molecule has 0 heterocycles. The first-order chi connectivity index (χ1) is 7.17. The second-order valence-electron chi connectivity index (χ2n) is 3.20. The van der Waals surface area contributed by atoms with E-state index in [1.54, 1.807) is 25.4 Å². The van der Waals surface area contributed by atoms with E-state index in [9.17, 15) is 0 Å². The molecule has 0 aliphatic carbocycles. The molecule has 1 rings (SSSR count). The van der Waals surface area contributed by atoms with Gasteiger partial charge in [-0.25, -0.2) is 0 Å². The van der Waals surface area contributed by atoms with Crippen molar-refractivity contribution < 1.29 is 9.47 Å².